The van der Waals surface area contributed by atoms with Crippen molar-refractivity contribution in [2.24, 2.45) is 0 Å². The summed E-state index contributed by atoms with van der Waals surface area (Å²) in [5.74, 6) is 0. The SMILES string of the molecule is CCCC1CO1.O=c1[nH]c(=O)n(CC2CO2)c(=O)[nH]1. The van der Waals surface area contributed by atoms with Gasteiger partial charge in [-0.05, 0) is 6.42 Å². The molecule has 0 bridgehead atoms. The average Bonchev–Trinajstić information content (AvgIpc) is 3.20. The van der Waals surface area contributed by atoms with Crippen LogP contribution < -0.4 is 17.1 Å². The molecule has 0 saturated carbocycles. The third-order valence-electron chi connectivity index (χ3n) is 2.73. The highest BCUT2D eigenvalue weighted by Gasteiger charge is 2.24. The minimum atomic E-state index is -0.789. The highest BCUT2D eigenvalue weighted by atomic mass is 16.6. The van der Waals surface area contributed by atoms with Crippen molar-refractivity contribution in [3.8, 4) is 0 Å². The maximum absolute atomic E-state index is 11.1. The van der Waals surface area contributed by atoms with Crippen molar-refractivity contribution >= 4 is 0 Å². The summed E-state index contributed by atoms with van der Waals surface area (Å²) in [6, 6.07) is 0. The first-order chi connectivity index (χ1) is 9.10. The molecule has 0 spiro atoms. The number of nitrogens with zero attached hydrogens (tertiary/aromatic N) is 1. The van der Waals surface area contributed by atoms with Gasteiger partial charge < -0.3 is 9.47 Å². The predicted octanol–water partition coefficient (Wildman–Crippen LogP) is -1.19. The van der Waals surface area contributed by atoms with E-state index in [0.717, 1.165) is 11.2 Å². The molecule has 2 aliphatic rings. The van der Waals surface area contributed by atoms with Gasteiger partial charge in [0, 0.05) is 0 Å². The molecule has 2 fully saturated rings. The van der Waals surface area contributed by atoms with Gasteiger partial charge in [-0.2, -0.15) is 0 Å². The maximum Gasteiger partial charge on any atom is 0.333 e. The molecule has 106 valence electrons. The predicted molar refractivity (Wildman–Crippen MR) is 66.3 cm³/mol. The number of epoxide rings is 2. The number of hydrogen-bond acceptors (Lipinski definition) is 5. The fourth-order valence-corrected chi connectivity index (χ4v) is 1.55. The van der Waals surface area contributed by atoms with E-state index in [9.17, 15) is 14.4 Å². The Kier molecular flexibility index (Phi) is 4.33. The lowest BCUT2D eigenvalue weighted by atomic mass is 10.3. The first kappa shape index (κ1) is 13.8. The molecule has 2 N–H and O–H groups in total. The average molecular weight is 271 g/mol. The number of rotatable bonds is 4. The summed E-state index contributed by atoms with van der Waals surface area (Å²) in [7, 11) is 0. The molecule has 1 aromatic heterocycles. The number of aromatic amines is 2. The lowest BCUT2D eigenvalue weighted by molar-refractivity contribution is 0.373. The van der Waals surface area contributed by atoms with Gasteiger partial charge in [0.2, 0.25) is 0 Å². The summed E-state index contributed by atoms with van der Waals surface area (Å²) < 4.78 is 10.7. The summed E-state index contributed by atoms with van der Waals surface area (Å²) in [6.45, 7) is 3.94. The normalized spacial score (nSPS) is 23.4. The molecule has 3 rings (SSSR count). The Morgan fingerprint density at radius 1 is 1.11 bits per heavy atom. The molecular weight excluding hydrogens is 254 g/mol. The summed E-state index contributed by atoms with van der Waals surface area (Å²) >= 11 is 0. The van der Waals surface area contributed by atoms with Crippen LogP contribution in [0.15, 0.2) is 14.4 Å². The lowest BCUT2D eigenvalue weighted by Crippen LogP contribution is -2.44. The van der Waals surface area contributed by atoms with Crippen LogP contribution in [0.25, 0.3) is 0 Å². The van der Waals surface area contributed by atoms with E-state index in [1.807, 2.05) is 9.97 Å². The molecular formula is C11H17N3O5. The summed E-state index contributed by atoms with van der Waals surface area (Å²) in [5, 5.41) is 0. The number of aromatic nitrogens is 3. The fourth-order valence-electron chi connectivity index (χ4n) is 1.55. The Hall–Kier alpha value is -1.67. The molecule has 19 heavy (non-hydrogen) atoms. The molecule has 2 atom stereocenters. The van der Waals surface area contributed by atoms with E-state index in [-0.39, 0.29) is 12.6 Å². The molecule has 3 heterocycles. The van der Waals surface area contributed by atoms with Crippen molar-refractivity contribution in [2.75, 3.05) is 13.2 Å². The zero-order valence-electron chi connectivity index (χ0n) is 10.7. The van der Waals surface area contributed by atoms with Crippen molar-refractivity contribution in [1.82, 2.24) is 14.5 Å². The van der Waals surface area contributed by atoms with Crippen LogP contribution in [0.1, 0.15) is 19.8 Å². The third kappa shape index (κ3) is 4.49. The molecule has 0 amide bonds. The Morgan fingerprint density at radius 3 is 2.00 bits per heavy atom. The van der Waals surface area contributed by atoms with Crippen LogP contribution in [-0.4, -0.2) is 40.0 Å². The Labute approximate surface area is 108 Å². The Bertz CT molecular complexity index is 545. The van der Waals surface area contributed by atoms with E-state index in [0.29, 0.717) is 12.7 Å². The second kappa shape index (κ2) is 5.98. The number of ether oxygens (including phenoxy) is 2. The van der Waals surface area contributed by atoms with Crippen LogP contribution in [-0.2, 0) is 16.0 Å². The maximum atomic E-state index is 11.1. The van der Waals surface area contributed by atoms with Crippen molar-refractivity contribution < 1.29 is 9.47 Å². The number of H-pyrrole nitrogens is 2. The smallest absolute Gasteiger partial charge is 0.333 e. The quantitative estimate of drug-likeness (QED) is 0.668. The molecule has 8 heteroatoms. The minimum Gasteiger partial charge on any atom is -0.373 e. The van der Waals surface area contributed by atoms with Gasteiger partial charge in [-0.3, -0.25) is 9.97 Å². The van der Waals surface area contributed by atoms with Crippen LogP contribution in [0.3, 0.4) is 0 Å². The van der Waals surface area contributed by atoms with E-state index in [1.165, 1.54) is 12.8 Å². The summed E-state index contributed by atoms with van der Waals surface area (Å²) in [6.07, 6.45) is 3.10. The van der Waals surface area contributed by atoms with Crippen LogP contribution in [0.5, 0.6) is 0 Å². The second-order valence-corrected chi connectivity index (χ2v) is 4.50. The van der Waals surface area contributed by atoms with E-state index in [1.54, 1.807) is 0 Å². The van der Waals surface area contributed by atoms with Crippen molar-refractivity contribution in [3.63, 3.8) is 0 Å². The highest BCUT2D eigenvalue weighted by Crippen LogP contribution is 2.14. The molecule has 2 unspecified atom stereocenters. The monoisotopic (exact) mass is 271 g/mol. The highest BCUT2D eigenvalue weighted by molar-refractivity contribution is 4.75. The van der Waals surface area contributed by atoms with E-state index < -0.39 is 17.1 Å². The van der Waals surface area contributed by atoms with Crippen LogP contribution in [0.2, 0.25) is 0 Å². The van der Waals surface area contributed by atoms with Gasteiger partial charge in [-0.25, -0.2) is 19.0 Å². The van der Waals surface area contributed by atoms with Crippen molar-refractivity contribution in [1.29, 1.82) is 0 Å². The fraction of sp³-hybridized carbons (Fsp3) is 0.727. The first-order valence-electron chi connectivity index (χ1n) is 6.26. The van der Waals surface area contributed by atoms with Crippen LogP contribution in [0.4, 0.5) is 0 Å². The van der Waals surface area contributed by atoms with Crippen molar-refractivity contribution in [2.45, 2.75) is 38.5 Å². The zero-order chi connectivity index (χ0) is 13.8. The van der Waals surface area contributed by atoms with Gasteiger partial charge in [-0.1, -0.05) is 13.3 Å². The molecule has 8 nitrogen and oxygen atoms in total. The molecule has 0 aromatic carbocycles. The lowest BCUT2D eigenvalue weighted by Gasteiger charge is -1.97. The Balaban J connectivity index is 0.000000186. The van der Waals surface area contributed by atoms with Gasteiger partial charge in [0.1, 0.15) is 0 Å². The first-order valence-corrected chi connectivity index (χ1v) is 6.26. The zero-order valence-corrected chi connectivity index (χ0v) is 10.7. The van der Waals surface area contributed by atoms with Gasteiger partial charge in [0.25, 0.3) is 0 Å². The molecule has 2 aliphatic heterocycles. The van der Waals surface area contributed by atoms with Gasteiger partial charge in [-0.15, -0.1) is 0 Å². The van der Waals surface area contributed by atoms with E-state index >= 15 is 0 Å². The van der Waals surface area contributed by atoms with Crippen molar-refractivity contribution in [3.05, 3.63) is 31.5 Å². The molecule has 1 aromatic rings. The van der Waals surface area contributed by atoms with Crippen LogP contribution >= 0.6 is 0 Å². The van der Waals surface area contributed by atoms with E-state index in [4.69, 9.17) is 9.47 Å². The van der Waals surface area contributed by atoms with E-state index in [2.05, 4.69) is 6.92 Å². The molecule has 0 aliphatic carbocycles. The number of hydrogen-bond donors (Lipinski definition) is 2. The minimum absolute atomic E-state index is 0.0790. The topological polar surface area (TPSA) is 113 Å². The van der Waals surface area contributed by atoms with Gasteiger partial charge >= 0.3 is 17.1 Å². The summed E-state index contributed by atoms with van der Waals surface area (Å²) in [4.78, 5) is 36.6. The molecule has 0 radical (unpaired) electrons. The number of nitrogens with one attached hydrogen (secondary N) is 2. The standard InChI is InChI=1S/C6H7N3O4.C5H10O/c10-4-7-5(11)9(6(12)8-4)1-3-2-13-3;1-2-3-5-4-6-5/h3H,1-2H2,(H2,7,8,10,11,12);5H,2-4H2,1H3. The van der Waals surface area contributed by atoms with Crippen LogP contribution in [0, 0.1) is 0 Å². The van der Waals surface area contributed by atoms with Gasteiger partial charge in [0.05, 0.1) is 32.0 Å². The summed E-state index contributed by atoms with van der Waals surface area (Å²) in [5.41, 5.74) is -2.20. The molecule has 2 saturated heterocycles. The Morgan fingerprint density at radius 2 is 1.63 bits per heavy atom. The van der Waals surface area contributed by atoms with Gasteiger partial charge in [0.15, 0.2) is 0 Å². The second-order valence-electron chi connectivity index (χ2n) is 4.50. The third-order valence-corrected chi connectivity index (χ3v) is 2.73. The largest absolute Gasteiger partial charge is 0.373 e.